The third-order valence-electron chi connectivity index (χ3n) is 6.42. The highest BCUT2D eigenvalue weighted by atomic mass is 35.5. The van der Waals surface area contributed by atoms with E-state index in [9.17, 15) is 17.2 Å². The standard InChI is InChI=1S/C28H29ClF2O6S2/c1-19(28(30,31)39(32,33)34)37-22-9-15-25(16-10-22)38(24-13-7-21(29)8-14-24)23-11-5-20(6-12-23)27(4)18-35-26(2,3)17-36-27/h5-16,19H,17-18H2,1-4H3/p+1. The van der Waals surface area contributed by atoms with E-state index in [1.54, 1.807) is 24.3 Å². The van der Waals surface area contributed by atoms with Gasteiger partial charge in [-0.15, -0.1) is 0 Å². The molecule has 210 valence electrons. The van der Waals surface area contributed by atoms with Crippen LogP contribution >= 0.6 is 11.6 Å². The van der Waals surface area contributed by atoms with Crippen molar-refractivity contribution in [3.05, 3.63) is 83.4 Å². The molecule has 6 nitrogen and oxygen atoms in total. The van der Waals surface area contributed by atoms with Crippen LogP contribution in [0, 0.1) is 0 Å². The fourth-order valence-electron chi connectivity index (χ4n) is 3.98. The monoisotopic (exact) mass is 599 g/mol. The van der Waals surface area contributed by atoms with Crippen molar-refractivity contribution >= 4 is 32.6 Å². The van der Waals surface area contributed by atoms with E-state index in [4.69, 9.17) is 30.4 Å². The largest absolute Gasteiger partial charge is 0.483 e. The molecular weight excluding hydrogens is 570 g/mol. The maximum absolute atomic E-state index is 13.9. The fourth-order valence-corrected chi connectivity index (χ4v) is 6.61. The SMILES string of the molecule is CC(Oc1ccc([S+](c2ccc(Cl)cc2)c2ccc(C3(C)COC(C)(C)CO3)cc2)cc1)C(F)(F)S(=O)(=O)O. The Balaban J connectivity index is 1.62. The van der Waals surface area contributed by atoms with Crippen LogP contribution in [0.5, 0.6) is 5.75 Å². The Morgan fingerprint density at radius 3 is 1.85 bits per heavy atom. The Hall–Kier alpha value is -2.21. The van der Waals surface area contributed by atoms with Gasteiger partial charge in [0.15, 0.2) is 20.8 Å². The second kappa shape index (κ2) is 11.0. The highest BCUT2D eigenvalue weighted by molar-refractivity contribution is 7.97. The lowest BCUT2D eigenvalue weighted by atomic mass is 9.94. The molecule has 0 radical (unpaired) electrons. The van der Waals surface area contributed by atoms with Crippen molar-refractivity contribution in [3.8, 4) is 5.75 Å². The molecule has 0 aromatic heterocycles. The van der Waals surface area contributed by atoms with Crippen molar-refractivity contribution in [3.63, 3.8) is 0 Å². The van der Waals surface area contributed by atoms with Crippen LogP contribution in [0.1, 0.15) is 33.3 Å². The molecule has 0 spiro atoms. The minimum absolute atomic E-state index is 0.0369. The molecule has 1 saturated heterocycles. The van der Waals surface area contributed by atoms with E-state index in [-0.39, 0.29) is 11.4 Å². The van der Waals surface area contributed by atoms with Crippen molar-refractivity contribution in [2.75, 3.05) is 13.2 Å². The van der Waals surface area contributed by atoms with Gasteiger partial charge in [0, 0.05) is 5.02 Å². The van der Waals surface area contributed by atoms with Crippen LogP contribution in [-0.4, -0.2) is 43.1 Å². The summed E-state index contributed by atoms with van der Waals surface area (Å²) in [5, 5.41) is -3.86. The molecule has 1 N–H and O–H groups in total. The maximum Gasteiger partial charge on any atom is 0.405 e. The number of hydrogen-bond acceptors (Lipinski definition) is 5. The first-order valence-electron chi connectivity index (χ1n) is 12.1. The Morgan fingerprint density at radius 2 is 1.38 bits per heavy atom. The van der Waals surface area contributed by atoms with E-state index in [1.165, 1.54) is 12.1 Å². The van der Waals surface area contributed by atoms with Crippen molar-refractivity contribution in [2.45, 2.75) is 64.9 Å². The smallest absolute Gasteiger partial charge is 0.405 e. The average molecular weight is 600 g/mol. The second-order valence-electron chi connectivity index (χ2n) is 10.1. The van der Waals surface area contributed by atoms with Crippen LogP contribution < -0.4 is 4.74 Å². The average Bonchev–Trinajstić information content (AvgIpc) is 2.88. The molecule has 0 aliphatic carbocycles. The molecule has 0 amide bonds. The van der Waals surface area contributed by atoms with Crippen LogP contribution in [0.15, 0.2) is 87.5 Å². The number of alkyl halides is 2. The van der Waals surface area contributed by atoms with Gasteiger partial charge in [0.2, 0.25) is 0 Å². The van der Waals surface area contributed by atoms with Crippen molar-refractivity contribution in [1.29, 1.82) is 0 Å². The summed E-state index contributed by atoms with van der Waals surface area (Å²) in [5.41, 5.74) is 0.0716. The van der Waals surface area contributed by atoms with Crippen molar-refractivity contribution < 1.29 is 36.0 Å². The van der Waals surface area contributed by atoms with Gasteiger partial charge in [-0.05, 0) is 93.9 Å². The zero-order valence-electron chi connectivity index (χ0n) is 21.9. The van der Waals surface area contributed by atoms with Crippen LogP contribution in [0.2, 0.25) is 5.02 Å². The second-order valence-corrected chi connectivity index (χ2v) is 14.1. The lowest BCUT2D eigenvalue weighted by Crippen LogP contribution is -2.47. The maximum atomic E-state index is 13.9. The highest BCUT2D eigenvalue weighted by Crippen LogP contribution is 2.37. The number of benzene rings is 3. The van der Waals surface area contributed by atoms with Gasteiger partial charge in [0.05, 0.1) is 29.7 Å². The van der Waals surface area contributed by atoms with Gasteiger partial charge >= 0.3 is 15.4 Å². The number of ether oxygens (including phenoxy) is 3. The lowest BCUT2D eigenvalue weighted by Gasteiger charge is -2.41. The number of rotatable bonds is 8. The van der Waals surface area contributed by atoms with Gasteiger partial charge in [-0.1, -0.05) is 23.7 Å². The third kappa shape index (κ3) is 6.58. The molecule has 1 fully saturated rings. The Kier molecular flexibility index (Phi) is 8.39. The summed E-state index contributed by atoms with van der Waals surface area (Å²) in [5.74, 6) is 0.0369. The normalized spacial score (nSPS) is 21.2. The zero-order chi connectivity index (χ0) is 28.6. The summed E-state index contributed by atoms with van der Waals surface area (Å²) < 4.78 is 76.1. The molecule has 1 aliphatic heterocycles. The Morgan fingerprint density at radius 1 is 0.897 bits per heavy atom. The van der Waals surface area contributed by atoms with E-state index in [0.717, 1.165) is 27.2 Å². The van der Waals surface area contributed by atoms with E-state index >= 15 is 0 Å². The van der Waals surface area contributed by atoms with Crippen LogP contribution in [-0.2, 0) is 36.1 Å². The van der Waals surface area contributed by atoms with Crippen molar-refractivity contribution in [2.24, 2.45) is 0 Å². The van der Waals surface area contributed by atoms with E-state index in [0.29, 0.717) is 18.2 Å². The Bertz CT molecular complexity index is 1390. The van der Waals surface area contributed by atoms with Crippen molar-refractivity contribution in [1.82, 2.24) is 0 Å². The topological polar surface area (TPSA) is 82.1 Å². The summed E-state index contributed by atoms with van der Waals surface area (Å²) in [6, 6.07) is 22.0. The molecule has 3 atom stereocenters. The summed E-state index contributed by atoms with van der Waals surface area (Å²) in [6.45, 7) is 7.77. The van der Waals surface area contributed by atoms with E-state index < -0.39 is 38.0 Å². The summed E-state index contributed by atoms with van der Waals surface area (Å²) in [6.07, 6.45) is -2.10. The van der Waals surface area contributed by atoms with E-state index in [2.05, 4.69) is 0 Å². The van der Waals surface area contributed by atoms with Gasteiger partial charge in [-0.3, -0.25) is 4.55 Å². The van der Waals surface area contributed by atoms with Gasteiger partial charge in [0.25, 0.3) is 0 Å². The first-order chi connectivity index (χ1) is 18.1. The van der Waals surface area contributed by atoms with Gasteiger partial charge < -0.3 is 14.2 Å². The zero-order valence-corrected chi connectivity index (χ0v) is 24.2. The molecule has 1 aliphatic rings. The summed E-state index contributed by atoms with van der Waals surface area (Å²) in [4.78, 5) is 2.86. The summed E-state index contributed by atoms with van der Waals surface area (Å²) >= 11 is 6.13. The quantitative estimate of drug-likeness (QED) is 0.229. The minimum Gasteiger partial charge on any atom is -0.483 e. The van der Waals surface area contributed by atoms with Gasteiger partial charge in [-0.25, -0.2) is 0 Å². The summed E-state index contributed by atoms with van der Waals surface area (Å²) in [7, 11) is -6.21. The number of hydrogen-bond donors (Lipinski definition) is 1. The first-order valence-corrected chi connectivity index (χ1v) is 15.2. The number of halogens is 3. The molecule has 1 heterocycles. The fraction of sp³-hybridized carbons (Fsp3) is 0.357. The molecule has 4 rings (SSSR count). The molecule has 3 aromatic carbocycles. The molecule has 3 unspecified atom stereocenters. The predicted octanol–water partition coefficient (Wildman–Crippen LogP) is 6.72. The Labute approximate surface area is 235 Å². The molecular formula is C28H30ClF2O6S2+. The highest BCUT2D eigenvalue weighted by Gasteiger charge is 2.51. The molecule has 11 heteroatoms. The molecule has 39 heavy (non-hydrogen) atoms. The predicted molar refractivity (Wildman–Crippen MR) is 146 cm³/mol. The first kappa shape index (κ1) is 29.8. The van der Waals surface area contributed by atoms with Gasteiger partial charge in [-0.2, -0.15) is 17.2 Å². The molecule has 3 aromatic rings. The molecule has 0 bridgehead atoms. The molecule has 0 saturated carbocycles. The third-order valence-corrected chi connectivity index (χ3v) is 9.92. The lowest BCUT2D eigenvalue weighted by molar-refractivity contribution is -0.221. The van der Waals surface area contributed by atoms with Crippen LogP contribution in [0.4, 0.5) is 8.78 Å². The van der Waals surface area contributed by atoms with Crippen LogP contribution in [0.3, 0.4) is 0 Å². The van der Waals surface area contributed by atoms with E-state index in [1.807, 2.05) is 57.2 Å². The van der Waals surface area contributed by atoms with Crippen LogP contribution in [0.25, 0.3) is 0 Å². The minimum atomic E-state index is -5.63. The van der Waals surface area contributed by atoms with Gasteiger partial charge in [0.1, 0.15) is 11.4 Å².